The van der Waals surface area contributed by atoms with Crippen LogP contribution in [0.2, 0.25) is 0 Å². The van der Waals surface area contributed by atoms with Crippen molar-refractivity contribution in [2.75, 3.05) is 5.73 Å². The largest absolute Gasteiger partial charge is 0.399 e. The number of anilines is 1. The Morgan fingerprint density at radius 3 is 2.57 bits per heavy atom. The van der Waals surface area contributed by atoms with Crippen molar-refractivity contribution in [3.8, 4) is 0 Å². The highest BCUT2D eigenvalue weighted by molar-refractivity contribution is 9.10. The molecule has 5 nitrogen and oxygen atoms in total. The van der Waals surface area contributed by atoms with Crippen LogP contribution < -0.4 is 5.73 Å². The van der Waals surface area contributed by atoms with E-state index in [1.807, 2.05) is 0 Å². The highest BCUT2D eigenvalue weighted by Crippen LogP contribution is 2.26. The fraction of sp³-hybridized carbons (Fsp3) is 0.0769. The summed E-state index contributed by atoms with van der Waals surface area (Å²) in [6.07, 6.45) is 0. The van der Waals surface area contributed by atoms with E-state index in [-0.39, 0.29) is 5.75 Å². The lowest BCUT2D eigenvalue weighted by molar-refractivity contribution is -0.387. The highest BCUT2D eigenvalue weighted by atomic mass is 79.9. The average molecular weight is 373 g/mol. The number of benzene rings is 2. The van der Waals surface area contributed by atoms with Crippen LogP contribution in [0.4, 0.5) is 15.8 Å². The third-order valence-electron chi connectivity index (χ3n) is 2.71. The minimum Gasteiger partial charge on any atom is -0.399 e. The van der Waals surface area contributed by atoms with Gasteiger partial charge in [-0.25, -0.2) is 0 Å². The molecule has 0 heterocycles. The normalized spacial score (nSPS) is 12.1. The summed E-state index contributed by atoms with van der Waals surface area (Å²) >= 11 is 3.27. The molecule has 0 saturated heterocycles. The van der Waals surface area contributed by atoms with E-state index in [4.69, 9.17) is 5.73 Å². The molecule has 110 valence electrons. The van der Waals surface area contributed by atoms with Crippen LogP contribution in [-0.2, 0) is 16.6 Å². The van der Waals surface area contributed by atoms with Crippen LogP contribution in [0.1, 0.15) is 5.56 Å². The molecule has 0 saturated carbocycles. The zero-order valence-electron chi connectivity index (χ0n) is 10.6. The molecule has 0 aromatic heterocycles. The summed E-state index contributed by atoms with van der Waals surface area (Å²) in [6.45, 7) is 0. The number of halogens is 2. The molecule has 0 aliphatic carbocycles. The molecule has 8 heteroatoms. The van der Waals surface area contributed by atoms with E-state index in [0.29, 0.717) is 20.6 Å². The van der Waals surface area contributed by atoms with Gasteiger partial charge in [0, 0.05) is 16.2 Å². The SMILES string of the molecule is Nc1ccc(S(=O)Cc2ccc([N+](=O)[O-])c(F)c2)c(Br)c1. The van der Waals surface area contributed by atoms with Crippen molar-refractivity contribution in [1.82, 2.24) is 0 Å². The maximum absolute atomic E-state index is 13.5. The molecule has 0 fully saturated rings. The van der Waals surface area contributed by atoms with Gasteiger partial charge < -0.3 is 5.73 Å². The summed E-state index contributed by atoms with van der Waals surface area (Å²) in [7, 11) is -1.42. The monoisotopic (exact) mass is 372 g/mol. The molecular formula is C13H10BrFN2O3S. The first-order valence-corrected chi connectivity index (χ1v) is 7.86. The molecule has 2 rings (SSSR count). The zero-order chi connectivity index (χ0) is 15.6. The number of hydrogen-bond acceptors (Lipinski definition) is 4. The number of hydrogen-bond donors (Lipinski definition) is 1. The Kier molecular flexibility index (Phi) is 4.69. The van der Waals surface area contributed by atoms with Gasteiger partial charge in [-0.2, -0.15) is 4.39 Å². The fourth-order valence-electron chi connectivity index (χ4n) is 1.72. The molecule has 0 radical (unpaired) electrons. The highest BCUT2D eigenvalue weighted by Gasteiger charge is 2.16. The second-order valence-electron chi connectivity index (χ2n) is 4.22. The lowest BCUT2D eigenvalue weighted by atomic mass is 10.2. The Morgan fingerprint density at radius 1 is 1.29 bits per heavy atom. The van der Waals surface area contributed by atoms with Crippen LogP contribution in [0, 0.1) is 15.9 Å². The molecule has 2 aromatic rings. The van der Waals surface area contributed by atoms with Crippen molar-refractivity contribution in [3.63, 3.8) is 0 Å². The summed E-state index contributed by atoms with van der Waals surface area (Å²) in [5.74, 6) is -0.886. The van der Waals surface area contributed by atoms with Crippen LogP contribution in [-0.4, -0.2) is 9.13 Å². The lowest BCUT2D eigenvalue weighted by Crippen LogP contribution is -2.00. The van der Waals surface area contributed by atoms with Gasteiger partial charge in [-0.3, -0.25) is 14.3 Å². The smallest absolute Gasteiger partial charge is 0.304 e. The van der Waals surface area contributed by atoms with Crippen molar-refractivity contribution in [3.05, 3.63) is 62.4 Å². The molecule has 0 amide bonds. The first-order valence-electron chi connectivity index (χ1n) is 5.74. The van der Waals surface area contributed by atoms with Gasteiger partial charge in [0.2, 0.25) is 5.82 Å². The Labute approximate surface area is 130 Å². The van der Waals surface area contributed by atoms with Gasteiger partial charge in [0.1, 0.15) is 0 Å². The molecular weight excluding hydrogens is 363 g/mol. The third-order valence-corrected chi connectivity index (χ3v) is 5.07. The van der Waals surface area contributed by atoms with Crippen molar-refractivity contribution in [2.24, 2.45) is 0 Å². The van der Waals surface area contributed by atoms with E-state index < -0.39 is 27.2 Å². The first kappa shape index (κ1) is 15.6. The van der Waals surface area contributed by atoms with Crippen molar-refractivity contribution in [1.29, 1.82) is 0 Å². The van der Waals surface area contributed by atoms with E-state index in [0.717, 1.165) is 12.1 Å². The van der Waals surface area contributed by atoms with Crippen LogP contribution in [0.25, 0.3) is 0 Å². The topological polar surface area (TPSA) is 86.2 Å². The maximum Gasteiger partial charge on any atom is 0.304 e. The standard InChI is InChI=1S/C13H10BrFN2O3S/c14-10-6-9(16)2-4-13(10)21(20)7-8-1-3-12(17(18)19)11(15)5-8/h1-6H,7,16H2. The van der Waals surface area contributed by atoms with Gasteiger partial charge >= 0.3 is 5.69 Å². The van der Waals surface area contributed by atoms with Crippen molar-refractivity contribution in [2.45, 2.75) is 10.6 Å². The van der Waals surface area contributed by atoms with Crippen LogP contribution in [0.15, 0.2) is 45.8 Å². The van der Waals surface area contributed by atoms with Crippen LogP contribution >= 0.6 is 15.9 Å². The molecule has 1 unspecified atom stereocenters. The minimum atomic E-state index is -1.42. The molecule has 2 N–H and O–H groups in total. The van der Waals surface area contributed by atoms with E-state index in [1.165, 1.54) is 6.07 Å². The molecule has 0 bridgehead atoms. The van der Waals surface area contributed by atoms with E-state index in [9.17, 15) is 18.7 Å². The summed E-state index contributed by atoms with van der Waals surface area (Å²) in [4.78, 5) is 10.3. The zero-order valence-corrected chi connectivity index (χ0v) is 13.0. The second-order valence-corrected chi connectivity index (χ2v) is 6.50. The number of nitrogens with zero attached hydrogens (tertiary/aromatic N) is 1. The van der Waals surface area contributed by atoms with Gasteiger partial charge in [-0.15, -0.1) is 0 Å². The van der Waals surface area contributed by atoms with Crippen LogP contribution in [0.3, 0.4) is 0 Å². The van der Waals surface area contributed by atoms with E-state index >= 15 is 0 Å². The first-order chi connectivity index (χ1) is 9.88. The number of nitro benzene ring substituents is 1. The lowest BCUT2D eigenvalue weighted by Gasteiger charge is -2.06. The number of nitrogens with two attached hydrogens (primary N) is 1. The molecule has 21 heavy (non-hydrogen) atoms. The molecule has 0 aliphatic rings. The Morgan fingerprint density at radius 2 is 2.00 bits per heavy atom. The van der Waals surface area contributed by atoms with Gasteiger partial charge in [0.05, 0.1) is 26.4 Å². The predicted molar refractivity (Wildman–Crippen MR) is 81.7 cm³/mol. The summed E-state index contributed by atoms with van der Waals surface area (Å²) in [6, 6.07) is 8.36. The number of nitrogen functional groups attached to an aromatic ring is 1. The minimum absolute atomic E-state index is 0.0530. The average Bonchev–Trinajstić information content (AvgIpc) is 2.37. The van der Waals surface area contributed by atoms with Gasteiger partial charge in [0.15, 0.2) is 0 Å². The Bertz CT molecular complexity index is 739. The van der Waals surface area contributed by atoms with Gasteiger partial charge in [0.25, 0.3) is 0 Å². The van der Waals surface area contributed by atoms with E-state index in [2.05, 4.69) is 15.9 Å². The Hall–Kier alpha value is -1.80. The summed E-state index contributed by atoms with van der Waals surface area (Å²) in [5, 5.41) is 10.5. The fourth-order valence-corrected chi connectivity index (χ4v) is 3.79. The van der Waals surface area contributed by atoms with Crippen LogP contribution in [0.5, 0.6) is 0 Å². The number of rotatable bonds is 4. The summed E-state index contributed by atoms with van der Waals surface area (Å²) in [5.41, 5.74) is 5.95. The molecule has 1 atom stereocenters. The molecule has 2 aromatic carbocycles. The van der Waals surface area contributed by atoms with Gasteiger partial charge in [-0.1, -0.05) is 6.07 Å². The number of nitro groups is 1. The second kappa shape index (κ2) is 6.31. The summed E-state index contributed by atoms with van der Waals surface area (Å²) < 4.78 is 26.4. The van der Waals surface area contributed by atoms with Crippen molar-refractivity contribution >= 4 is 38.1 Å². The molecule has 0 aliphatic heterocycles. The van der Waals surface area contributed by atoms with Gasteiger partial charge in [-0.05, 0) is 45.8 Å². The maximum atomic E-state index is 13.5. The van der Waals surface area contributed by atoms with Crippen molar-refractivity contribution < 1.29 is 13.5 Å². The molecule has 0 spiro atoms. The predicted octanol–water partition coefficient (Wildman–Crippen LogP) is 3.39. The Balaban J connectivity index is 2.23. The quantitative estimate of drug-likeness (QED) is 0.506. The third kappa shape index (κ3) is 3.64. The van der Waals surface area contributed by atoms with E-state index in [1.54, 1.807) is 18.2 Å².